The van der Waals surface area contributed by atoms with E-state index in [0.717, 1.165) is 0 Å². The Kier molecular flexibility index (Phi) is 2.29. The van der Waals surface area contributed by atoms with E-state index < -0.39 is 0 Å². The number of aromatic amines is 1. The first-order chi connectivity index (χ1) is 8.66. The summed E-state index contributed by atoms with van der Waals surface area (Å²) in [6.45, 7) is 0.997. The lowest BCUT2D eigenvalue weighted by molar-refractivity contribution is 0.171. The quantitative estimate of drug-likeness (QED) is 0.784. The Balaban J connectivity index is 2.15. The third kappa shape index (κ3) is 1.54. The van der Waals surface area contributed by atoms with E-state index in [0.29, 0.717) is 30.3 Å². The number of fused-ring (bicyclic) bond motifs is 1. The molecule has 1 aliphatic rings. The van der Waals surface area contributed by atoms with Crippen molar-refractivity contribution in [1.29, 1.82) is 0 Å². The van der Waals surface area contributed by atoms with Crippen LogP contribution in [0.2, 0.25) is 0 Å². The van der Waals surface area contributed by atoms with E-state index in [-0.39, 0.29) is 17.0 Å². The lowest BCUT2D eigenvalue weighted by atomic mass is 10.1. The number of aromatic hydroxyl groups is 1. The topological polar surface area (TPSA) is 76.5 Å². The average molecular weight is 248 g/mol. The van der Waals surface area contributed by atoms with Crippen LogP contribution in [0.5, 0.6) is 17.4 Å². The van der Waals surface area contributed by atoms with Crippen LogP contribution in [0, 0.1) is 0 Å². The number of H-pyrrole nitrogens is 1. The third-order valence-corrected chi connectivity index (χ3v) is 2.87. The van der Waals surface area contributed by atoms with Crippen LogP contribution >= 0.6 is 0 Å². The fraction of sp³-hybridized carbons (Fsp3) is 0.250. The predicted octanol–water partition coefficient (Wildman–Crippen LogP) is 0.857. The molecule has 18 heavy (non-hydrogen) atoms. The number of benzene rings is 1. The minimum atomic E-state index is -0.341. The standard InChI is InChI=1S/C12H12N2O4/c1-14-12(16)10(11(15)13-14)7-2-3-8-9(6-7)18-5-4-17-8/h2-3,6,16H,4-5H2,1H3,(H,13,15). The van der Waals surface area contributed by atoms with Crippen molar-refractivity contribution in [2.75, 3.05) is 13.2 Å². The molecule has 94 valence electrons. The van der Waals surface area contributed by atoms with Crippen molar-refractivity contribution in [1.82, 2.24) is 9.78 Å². The second-order valence-electron chi connectivity index (χ2n) is 4.06. The molecule has 0 radical (unpaired) electrons. The van der Waals surface area contributed by atoms with Gasteiger partial charge in [-0.05, 0) is 17.7 Å². The van der Waals surface area contributed by atoms with Gasteiger partial charge in [-0.3, -0.25) is 14.6 Å². The van der Waals surface area contributed by atoms with Crippen LogP contribution in [0.4, 0.5) is 0 Å². The Morgan fingerprint density at radius 1 is 1.28 bits per heavy atom. The van der Waals surface area contributed by atoms with E-state index in [1.807, 2.05) is 0 Å². The van der Waals surface area contributed by atoms with E-state index in [1.165, 1.54) is 4.68 Å². The maximum Gasteiger partial charge on any atom is 0.275 e. The number of aryl methyl sites for hydroxylation is 1. The SMILES string of the molecule is Cn1[nH]c(=O)c(-c2ccc3c(c2)OCCO3)c1O. The van der Waals surface area contributed by atoms with Crippen molar-refractivity contribution in [3.8, 4) is 28.5 Å². The fourth-order valence-electron chi connectivity index (χ4n) is 1.99. The molecule has 0 saturated heterocycles. The van der Waals surface area contributed by atoms with Crippen molar-refractivity contribution < 1.29 is 14.6 Å². The highest BCUT2D eigenvalue weighted by Crippen LogP contribution is 2.35. The molecule has 0 saturated carbocycles. The summed E-state index contributed by atoms with van der Waals surface area (Å²) in [7, 11) is 1.57. The summed E-state index contributed by atoms with van der Waals surface area (Å²) in [6.07, 6.45) is 0. The summed E-state index contributed by atoms with van der Waals surface area (Å²) in [4.78, 5) is 11.7. The molecule has 0 fully saturated rings. The number of hydrogen-bond donors (Lipinski definition) is 2. The molecule has 2 aromatic rings. The third-order valence-electron chi connectivity index (χ3n) is 2.87. The Labute approximate surface area is 102 Å². The zero-order chi connectivity index (χ0) is 12.7. The van der Waals surface area contributed by atoms with Gasteiger partial charge in [0.05, 0.1) is 0 Å². The van der Waals surface area contributed by atoms with Crippen LogP contribution < -0.4 is 15.0 Å². The first kappa shape index (κ1) is 10.8. The van der Waals surface area contributed by atoms with Gasteiger partial charge >= 0.3 is 0 Å². The summed E-state index contributed by atoms with van der Waals surface area (Å²) in [5.41, 5.74) is 0.486. The van der Waals surface area contributed by atoms with Gasteiger partial charge in [-0.2, -0.15) is 0 Å². The van der Waals surface area contributed by atoms with Crippen LogP contribution in [-0.4, -0.2) is 28.1 Å². The minimum Gasteiger partial charge on any atom is -0.493 e. The van der Waals surface area contributed by atoms with Crippen LogP contribution in [0.15, 0.2) is 23.0 Å². The molecular formula is C12H12N2O4. The number of rotatable bonds is 1. The number of ether oxygens (including phenoxy) is 2. The van der Waals surface area contributed by atoms with Gasteiger partial charge < -0.3 is 14.6 Å². The lowest BCUT2D eigenvalue weighted by Gasteiger charge is -2.18. The highest BCUT2D eigenvalue weighted by molar-refractivity contribution is 5.70. The van der Waals surface area contributed by atoms with Crippen molar-refractivity contribution in [2.45, 2.75) is 0 Å². The Hall–Kier alpha value is -2.37. The zero-order valence-corrected chi connectivity index (χ0v) is 9.77. The summed E-state index contributed by atoms with van der Waals surface area (Å²) in [5, 5.41) is 12.3. The molecule has 2 heterocycles. The molecule has 6 nitrogen and oxygen atoms in total. The van der Waals surface area contributed by atoms with Gasteiger partial charge in [0.2, 0.25) is 5.88 Å². The predicted molar refractivity (Wildman–Crippen MR) is 64.1 cm³/mol. The van der Waals surface area contributed by atoms with Gasteiger partial charge in [0.15, 0.2) is 11.5 Å². The van der Waals surface area contributed by atoms with Gasteiger partial charge in [0, 0.05) is 7.05 Å². The smallest absolute Gasteiger partial charge is 0.275 e. The monoisotopic (exact) mass is 248 g/mol. The van der Waals surface area contributed by atoms with Gasteiger partial charge in [0.25, 0.3) is 5.56 Å². The Morgan fingerprint density at radius 2 is 2.00 bits per heavy atom. The molecule has 0 unspecified atom stereocenters. The molecule has 6 heteroatoms. The van der Waals surface area contributed by atoms with Crippen molar-refractivity contribution in [2.24, 2.45) is 7.05 Å². The summed E-state index contributed by atoms with van der Waals surface area (Å²) in [6, 6.07) is 5.15. The van der Waals surface area contributed by atoms with E-state index in [4.69, 9.17) is 9.47 Å². The van der Waals surface area contributed by atoms with Crippen LogP contribution in [0.25, 0.3) is 11.1 Å². The minimum absolute atomic E-state index is 0.100. The van der Waals surface area contributed by atoms with Crippen molar-refractivity contribution >= 4 is 0 Å². The Morgan fingerprint density at radius 3 is 2.67 bits per heavy atom. The van der Waals surface area contributed by atoms with E-state index >= 15 is 0 Å². The van der Waals surface area contributed by atoms with Crippen LogP contribution in [0.3, 0.4) is 0 Å². The normalized spacial score (nSPS) is 13.6. The molecule has 0 aliphatic carbocycles. The summed E-state index contributed by atoms with van der Waals surface area (Å²) in [5.74, 6) is 1.13. The maximum atomic E-state index is 11.7. The first-order valence-electron chi connectivity index (χ1n) is 5.55. The molecule has 0 bridgehead atoms. The fourth-order valence-corrected chi connectivity index (χ4v) is 1.99. The number of nitrogens with zero attached hydrogens (tertiary/aromatic N) is 1. The van der Waals surface area contributed by atoms with Gasteiger partial charge in [-0.1, -0.05) is 6.07 Å². The summed E-state index contributed by atoms with van der Waals surface area (Å²) < 4.78 is 12.1. The largest absolute Gasteiger partial charge is 0.493 e. The molecule has 1 aliphatic heterocycles. The van der Waals surface area contributed by atoms with Crippen LogP contribution in [-0.2, 0) is 7.05 Å². The van der Waals surface area contributed by atoms with Crippen LogP contribution in [0.1, 0.15) is 0 Å². The van der Waals surface area contributed by atoms with E-state index in [2.05, 4.69) is 5.10 Å². The molecule has 0 spiro atoms. The lowest BCUT2D eigenvalue weighted by Crippen LogP contribution is -2.15. The second-order valence-corrected chi connectivity index (χ2v) is 4.06. The second kappa shape index (κ2) is 3.83. The van der Waals surface area contributed by atoms with Crippen molar-refractivity contribution in [3.63, 3.8) is 0 Å². The maximum absolute atomic E-state index is 11.7. The van der Waals surface area contributed by atoms with E-state index in [9.17, 15) is 9.90 Å². The van der Waals surface area contributed by atoms with Gasteiger partial charge in [0.1, 0.15) is 18.8 Å². The van der Waals surface area contributed by atoms with Gasteiger partial charge in [-0.25, -0.2) is 0 Å². The highest BCUT2D eigenvalue weighted by Gasteiger charge is 2.18. The average Bonchev–Trinajstić information content (AvgIpc) is 2.63. The number of hydrogen-bond acceptors (Lipinski definition) is 4. The molecule has 0 amide bonds. The van der Waals surface area contributed by atoms with Crippen molar-refractivity contribution in [3.05, 3.63) is 28.6 Å². The number of aromatic nitrogens is 2. The van der Waals surface area contributed by atoms with E-state index in [1.54, 1.807) is 25.2 Å². The highest BCUT2D eigenvalue weighted by atomic mass is 16.6. The van der Waals surface area contributed by atoms with Gasteiger partial charge in [-0.15, -0.1) is 0 Å². The molecular weight excluding hydrogens is 236 g/mol. The number of nitrogens with one attached hydrogen (secondary N) is 1. The zero-order valence-electron chi connectivity index (χ0n) is 9.77. The molecule has 1 aromatic carbocycles. The first-order valence-corrected chi connectivity index (χ1v) is 5.55. The molecule has 1 aromatic heterocycles. The molecule has 2 N–H and O–H groups in total. The molecule has 0 atom stereocenters. The summed E-state index contributed by atoms with van der Waals surface area (Å²) >= 11 is 0. The molecule has 3 rings (SSSR count). The Bertz CT molecular complexity index is 657.